The molecule has 0 saturated carbocycles. The summed E-state index contributed by atoms with van der Waals surface area (Å²) in [6.07, 6.45) is 1.38. The van der Waals surface area contributed by atoms with Crippen LogP contribution in [-0.2, 0) is 20.8 Å². The van der Waals surface area contributed by atoms with Crippen molar-refractivity contribution in [3.05, 3.63) is 41.6 Å². The molecule has 0 aliphatic carbocycles. The molecule has 3 amide bonds. The van der Waals surface area contributed by atoms with Crippen LogP contribution in [0.15, 0.2) is 36.0 Å². The summed E-state index contributed by atoms with van der Waals surface area (Å²) in [4.78, 5) is 38.2. The lowest BCUT2D eigenvalue weighted by Gasteiger charge is -2.16. The van der Waals surface area contributed by atoms with E-state index < -0.39 is 11.8 Å². The van der Waals surface area contributed by atoms with Crippen LogP contribution in [0.4, 0.5) is 5.69 Å². The molecule has 1 heterocycles. The molecular weight excluding hydrogens is 298 g/mol. The van der Waals surface area contributed by atoms with Gasteiger partial charge in [-0.3, -0.25) is 19.3 Å². The lowest BCUT2D eigenvalue weighted by atomic mass is 10.1. The van der Waals surface area contributed by atoms with Gasteiger partial charge < -0.3 is 15.3 Å². The maximum atomic E-state index is 12.1. The van der Waals surface area contributed by atoms with Crippen LogP contribution in [0.25, 0.3) is 0 Å². The van der Waals surface area contributed by atoms with Crippen molar-refractivity contribution in [2.75, 3.05) is 32.6 Å². The maximum absolute atomic E-state index is 12.1. The summed E-state index contributed by atoms with van der Waals surface area (Å²) in [6.45, 7) is -0.327. The van der Waals surface area contributed by atoms with Gasteiger partial charge in [0.15, 0.2) is 0 Å². The Bertz CT molecular complexity index is 667. The molecule has 122 valence electrons. The quantitative estimate of drug-likeness (QED) is 0.720. The molecule has 0 unspecified atom stereocenters. The Balaban J connectivity index is 2.18. The number of aliphatic hydroxyl groups is 1. The zero-order valence-corrected chi connectivity index (χ0v) is 13.1. The Hall–Kier alpha value is -2.67. The van der Waals surface area contributed by atoms with Gasteiger partial charge in [-0.2, -0.15) is 0 Å². The molecule has 0 aromatic heterocycles. The number of para-hydroxylation sites is 1. The van der Waals surface area contributed by atoms with Crippen molar-refractivity contribution in [1.82, 2.24) is 9.80 Å². The van der Waals surface area contributed by atoms with Crippen LogP contribution in [-0.4, -0.2) is 59.9 Å². The second-order valence-corrected chi connectivity index (χ2v) is 5.32. The highest BCUT2D eigenvalue weighted by atomic mass is 16.3. The maximum Gasteiger partial charge on any atom is 0.277 e. The number of amides is 3. The summed E-state index contributed by atoms with van der Waals surface area (Å²) in [7, 11) is 3.35. The number of β-amino-alcohol motifs (C(OH)–C–C–N with tert-alkyl or cyclic N) is 1. The first-order chi connectivity index (χ1) is 10.9. The zero-order valence-electron chi connectivity index (χ0n) is 13.1. The minimum absolute atomic E-state index is 0.0416. The van der Waals surface area contributed by atoms with E-state index in [0.29, 0.717) is 5.69 Å². The predicted molar refractivity (Wildman–Crippen MR) is 84.4 cm³/mol. The highest BCUT2D eigenvalue weighted by molar-refractivity contribution is 6.17. The molecule has 7 nitrogen and oxygen atoms in total. The molecule has 2 rings (SSSR count). The van der Waals surface area contributed by atoms with E-state index in [4.69, 9.17) is 5.11 Å². The summed E-state index contributed by atoms with van der Waals surface area (Å²) in [5.74, 6) is -1.02. The molecule has 0 atom stereocenters. The molecule has 23 heavy (non-hydrogen) atoms. The van der Waals surface area contributed by atoms with Crippen LogP contribution in [0.5, 0.6) is 0 Å². The van der Waals surface area contributed by atoms with Crippen LogP contribution in [0.3, 0.4) is 0 Å². The van der Waals surface area contributed by atoms with E-state index in [0.717, 1.165) is 10.5 Å². The molecule has 2 N–H and O–H groups in total. The second-order valence-electron chi connectivity index (χ2n) is 5.32. The van der Waals surface area contributed by atoms with Gasteiger partial charge in [0.2, 0.25) is 5.91 Å². The molecule has 0 saturated heterocycles. The minimum atomic E-state index is -0.488. The van der Waals surface area contributed by atoms with Gasteiger partial charge in [0.05, 0.1) is 19.6 Å². The summed E-state index contributed by atoms with van der Waals surface area (Å²) in [6, 6.07) is 7.11. The van der Waals surface area contributed by atoms with E-state index in [1.165, 1.54) is 11.0 Å². The molecule has 0 spiro atoms. The molecule has 1 aromatic rings. The highest BCUT2D eigenvalue weighted by Crippen LogP contribution is 2.21. The zero-order chi connectivity index (χ0) is 17.0. The third-order valence-electron chi connectivity index (χ3n) is 3.46. The fraction of sp³-hybridized carbons (Fsp3) is 0.312. The number of imide groups is 1. The number of carbonyl (C=O) groups excluding carboxylic acids is 3. The number of nitrogens with one attached hydrogen (secondary N) is 1. The predicted octanol–water partition coefficient (Wildman–Crippen LogP) is -0.0258. The number of nitrogens with zero attached hydrogens (tertiary/aromatic N) is 2. The molecular formula is C16H19N3O4. The van der Waals surface area contributed by atoms with Crippen molar-refractivity contribution in [1.29, 1.82) is 0 Å². The van der Waals surface area contributed by atoms with Crippen LogP contribution < -0.4 is 5.32 Å². The summed E-state index contributed by atoms with van der Waals surface area (Å²) in [5.41, 5.74) is 1.46. The largest absolute Gasteiger partial charge is 0.395 e. The van der Waals surface area contributed by atoms with E-state index >= 15 is 0 Å². The van der Waals surface area contributed by atoms with Gasteiger partial charge in [-0.05, 0) is 11.6 Å². The van der Waals surface area contributed by atoms with Gasteiger partial charge in [-0.1, -0.05) is 18.2 Å². The smallest absolute Gasteiger partial charge is 0.277 e. The third-order valence-corrected chi connectivity index (χ3v) is 3.46. The Morgan fingerprint density at radius 1 is 1.26 bits per heavy atom. The molecule has 1 aliphatic rings. The number of aliphatic hydroxyl groups excluding tert-OH is 1. The topological polar surface area (TPSA) is 90.0 Å². The summed E-state index contributed by atoms with van der Waals surface area (Å²) < 4.78 is 0. The van der Waals surface area contributed by atoms with Gasteiger partial charge in [0, 0.05) is 25.9 Å². The van der Waals surface area contributed by atoms with Gasteiger partial charge in [0.1, 0.15) is 5.70 Å². The van der Waals surface area contributed by atoms with E-state index in [-0.39, 0.29) is 31.2 Å². The van der Waals surface area contributed by atoms with Crippen LogP contribution in [0.2, 0.25) is 0 Å². The number of hydrogen-bond acceptors (Lipinski definition) is 5. The van der Waals surface area contributed by atoms with Crippen molar-refractivity contribution in [3.8, 4) is 0 Å². The first-order valence-electron chi connectivity index (χ1n) is 7.17. The van der Waals surface area contributed by atoms with Crippen molar-refractivity contribution >= 4 is 23.4 Å². The second kappa shape index (κ2) is 7.06. The van der Waals surface area contributed by atoms with Crippen LogP contribution in [0, 0.1) is 0 Å². The molecule has 7 heteroatoms. The average molecular weight is 317 g/mol. The number of benzene rings is 1. The molecule has 0 bridgehead atoms. The van der Waals surface area contributed by atoms with Crippen molar-refractivity contribution in [2.24, 2.45) is 0 Å². The summed E-state index contributed by atoms with van der Waals surface area (Å²) in [5, 5.41) is 11.8. The number of carbonyl (C=O) groups is 3. The van der Waals surface area contributed by atoms with Gasteiger partial charge in [0.25, 0.3) is 11.8 Å². The van der Waals surface area contributed by atoms with E-state index in [1.54, 1.807) is 38.4 Å². The Morgan fingerprint density at radius 3 is 2.61 bits per heavy atom. The minimum Gasteiger partial charge on any atom is -0.395 e. The fourth-order valence-electron chi connectivity index (χ4n) is 2.17. The summed E-state index contributed by atoms with van der Waals surface area (Å²) >= 11 is 0. The lowest BCUT2D eigenvalue weighted by Crippen LogP contribution is -2.34. The number of anilines is 1. The average Bonchev–Trinajstić information content (AvgIpc) is 2.77. The Labute approximate surface area is 134 Å². The monoisotopic (exact) mass is 317 g/mol. The number of likely N-dealkylation sites (N-methyl/N-ethyl adjacent to an activating group) is 1. The first kappa shape index (κ1) is 16.7. The van der Waals surface area contributed by atoms with Gasteiger partial charge in [-0.25, -0.2) is 0 Å². The van der Waals surface area contributed by atoms with Crippen molar-refractivity contribution in [2.45, 2.75) is 6.42 Å². The van der Waals surface area contributed by atoms with E-state index in [2.05, 4.69) is 5.32 Å². The fourth-order valence-corrected chi connectivity index (χ4v) is 2.17. The lowest BCUT2D eigenvalue weighted by molar-refractivity contribution is -0.137. The van der Waals surface area contributed by atoms with Crippen molar-refractivity contribution in [3.63, 3.8) is 0 Å². The van der Waals surface area contributed by atoms with E-state index in [1.807, 2.05) is 0 Å². The van der Waals surface area contributed by atoms with E-state index in [9.17, 15) is 14.4 Å². The number of rotatable bonds is 6. The van der Waals surface area contributed by atoms with Gasteiger partial charge in [-0.15, -0.1) is 0 Å². The molecule has 0 fully saturated rings. The normalized spacial score (nSPS) is 14.0. The Morgan fingerprint density at radius 2 is 1.96 bits per heavy atom. The first-order valence-corrected chi connectivity index (χ1v) is 7.17. The highest BCUT2D eigenvalue weighted by Gasteiger charge is 2.30. The molecule has 1 aromatic carbocycles. The third kappa shape index (κ3) is 3.75. The SMILES string of the molecule is CN(C)C(=O)Cc1ccccc1NC1=CC(=O)N(CCO)C1=O. The Kier molecular flexibility index (Phi) is 5.13. The number of hydrogen-bond donors (Lipinski definition) is 2. The van der Waals surface area contributed by atoms with Crippen LogP contribution >= 0.6 is 0 Å². The van der Waals surface area contributed by atoms with Crippen LogP contribution in [0.1, 0.15) is 5.56 Å². The van der Waals surface area contributed by atoms with Crippen molar-refractivity contribution < 1.29 is 19.5 Å². The standard InChI is InChI=1S/C16H19N3O4/c1-18(2)14(21)9-11-5-3-4-6-12(11)17-13-10-15(22)19(7-8-20)16(13)23/h3-6,10,17,20H,7-9H2,1-2H3. The molecule has 0 radical (unpaired) electrons. The molecule has 1 aliphatic heterocycles. The van der Waals surface area contributed by atoms with Gasteiger partial charge >= 0.3 is 0 Å².